The van der Waals surface area contributed by atoms with E-state index in [9.17, 15) is 15.0 Å². The quantitative estimate of drug-likeness (QED) is 0.258. The van der Waals surface area contributed by atoms with Crippen LogP contribution in [0.5, 0.6) is 23.0 Å². The molecule has 1 fully saturated rings. The van der Waals surface area contributed by atoms with Crippen LogP contribution in [-0.4, -0.2) is 56.8 Å². The molecule has 3 aromatic carbocycles. The van der Waals surface area contributed by atoms with Crippen LogP contribution in [-0.2, 0) is 20.7 Å². The minimum absolute atomic E-state index is 0.236. The highest BCUT2D eigenvalue weighted by atomic mass is 16.6. The van der Waals surface area contributed by atoms with Crippen LogP contribution in [0, 0.1) is 5.92 Å². The summed E-state index contributed by atoms with van der Waals surface area (Å²) in [6.45, 7) is 1.00. The van der Waals surface area contributed by atoms with Gasteiger partial charge in [0.05, 0.1) is 39.4 Å². The number of methoxy groups -OCH3 is 3. The summed E-state index contributed by atoms with van der Waals surface area (Å²) in [7, 11) is 4.29. The summed E-state index contributed by atoms with van der Waals surface area (Å²) in [5.41, 5.74) is 3.32. The summed E-state index contributed by atoms with van der Waals surface area (Å²) < 4.78 is 29.1. The van der Waals surface area contributed by atoms with Gasteiger partial charge in [0, 0.05) is 18.1 Å². The molecule has 9 nitrogen and oxygen atoms in total. The van der Waals surface area contributed by atoms with Crippen LogP contribution in [0.4, 0.5) is 0 Å². The largest absolute Gasteiger partial charge is 0.497 e. The maximum Gasteiger partial charge on any atom is 0.312 e. The lowest BCUT2D eigenvalue weighted by molar-refractivity contribution is -0.161. The Balaban J connectivity index is 1.76. The maximum absolute atomic E-state index is 13.3. The van der Waals surface area contributed by atoms with Crippen LogP contribution in [0.2, 0.25) is 0 Å². The minimum atomic E-state index is -2.11. The summed E-state index contributed by atoms with van der Waals surface area (Å²) >= 11 is 0. The van der Waals surface area contributed by atoms with Crippen LogP contribution in [0.1, 0.15) is 35.4 Å². The molecular weight excluding hydrogens is 514 g/mol. The van der Waals surface area contributed by atoms with Gasteiger partial charge >= 0.3 is 5.97 Å². The zero-order chi connectivity index (χ0) is 28.5. The fourth-order valence-corrected chi connectivity index (χ4v) is 6.30. The Morgan fingerprint density at radius 3 is 2.33 bits per heavy atom. The fraction of sp³-hybridized carbons (Fsp3) is 0.387. The predicted octanol–water partition coefficient (Wildman–Crippen LogP) is 3.24. The first-order valence-electron chi connectivity index (χ1n) is 13.3. The number of benzene rings is 3. The minimum Gasteiger partial charge on any atom is -0.497 e. The number of aliphatic hydroxyl groups excluding tert-OH is 1. The third kappa shape index (κ3) is 4.08. The van der Waals surface area contributed by atoms with Gasteiger partial charge in [-0.1, -0.05) is 42.5 Å². The van der Waals surface area contributed by atoms with Crippen molar-refractivity contribution in [3.8, 4) is 23.0 Å². The van der Waals surface area contributed by atoms with Gasteiger partial charge in [-0.05, 0) is 42.6 Å². The molecule has 0 spiro atoms. The third-order valence-electron chi connectivity index (χ3n) is 8.06. The van der Waals surface area contributed by atoms with E-state index in [1.54, 1.807) is 43.5 Å². The van der Waals surface area contributed by atoms with Crippen molar-refractivity contribution < 1.29 is 38.7 Å². The van der Waals surface area contributed by atoms with E-state index in [4.69, 9.17) is 29.4 Å². The number of esters is 1. The molecule has 1 heterocycles. The number of fused-ring (bicyclic) bond motifs is 3. The first kappa shape index (κ1) is 27.8. The number of rotatable bonds is 10. The lowest BCUT2D eigenvalue weighted by Crippen LogP contribution is -2.52. The molecule has 0 bridgehead atoms. The average Bonchev–Trinajstić information content (AvgIpc) is 3.37. The molecule has 5 atom stereocenters. The molecule has 9 heteroatoms. The number of carbonyl (C=O) groups excluding carboxylic acids is 1. The van der Waals surface area contributed by atoms with Gasteiger partial charge < -0.3 is 39.6 Å². The molecule has 0 unspecified atom stereocenters. The highest BCUT2D eigenvalue weighted by molar-refractivity contribution is 5.78. The molecule has 3 aromatic rings. The molecule has 0 saturated heterocycles. The van der Waals surface area contributed by atoms with Crippen LogP contribution in [0.3, 0.4) is 0 Å². The molecule has 0 radical (unpaired) electrons. The van der Waals surface area contributed by atoms with E-state index >= 15 is 0 Å². The number of carbonyl (C=O) groups is 1. The van der Waals surface area contributed by atoms with Crippen LogP contribution in [0.15, 0.2) is 66.7 Å². The molecule has 0 aromatic heterocycles. The van der Waals surface area contributed by atoms with Crippen molar-refractivity contribution in [2.75, 3.05) is 34.5 Å². The Labute approximate surface area is 233 Å². The van der Waals surface area contributed by atoms with E-state index in [-0.39, 0.29) is 17.1 Å². The SMILES string of the molecule is COC(=O)[C@@H]1[C@H](O)[C@]2(O)c3c(OC)cc(OCCCCN)cc3O[C@]2(c2ccc(OC)cc2)[C@H]1c1ccccc1. The zero-order valence-electron chi connectivity index (χ0n) is 22.8. The highest BCUT2D eigenvalue weighted by Crippen LogP contribution is 2.70. The standard InChI is InChI=1S/C31H35NO8/c1-36-21-13-11-20(12-14-21)31-26(19-9-5-4-6-10-19)25(29(34)38-3)28(33)30(31,35)27-23(37-2)17-22(18-24(27)40-31)39-16-8-7-15-32/h4-6,9-14,17-18,25-26,28,33,35H,7-8,15-16,32H2,1-3H3/t25-,26-,28-,30+,31+/m0/s1. The Morgan fingerprint density at radius 2 is 1.70 bits per heavy atom. The van der Waals surface area contributed by atoms with Crippen molar-refractivity contribution in [2.24, 2.45) is 11.7 Å². The highest BCUT2D eigenvalue weighted by Gasteiger charge is 2.78. The topological polar surface area (TPSA) is 130 Å². The van der Waals surface area contributed by atoms with Gasteiger partial charge in [0.1, 0.15) is 29.1 Å². The van der Waals surface area contributed by atoms with Crippen molar-refractivity contribution >= 4 is 5.97 Å². The second kappa shape index (κ2) is 11.0. The molecule has 5 rings (SSSR count). The lowest BCUT2D eigenvalue weighted by Gasteiger charge is -2.40. The average molecular weight is 550 g/mol. The van der Waals surface area contributed by atoms with E-state index in [0.717, 1.165) is 12.8 Å². The predicted molar refractivity (Wildman–Crippen MR) is 147 cm³/mol. The van der Waals surface area contributed by atoms with Crippen molar-refractivity contribution in [3.05, 3.63) is 83.4 Å². The molecule has 1 aliphatic heterocycles. The van der Waals surface area contributed by atoms with E-state index in [2.05, 4.69) is 0 Å². The lowest BCUT2D eigenvalue weighted by atomic mass is 9.70. The van der Waals surface area contributed by atoms with Gasteiger partial charge in [0.2, 0.25) is 0 Å². The number of hydrogen-bond donors (Lipinski definition) is 3. The van der Waals surface area contributed by atoms with Crippen molar-refractivity contribution in [2.45, 2.75) is 36.1 Å². The van der Waals surface area contributed by atoms with Gasteiger partial charge in [-0.3, -0.25) is 4.79 Å². The normalized spacial score (nSPS) is 26.4. The van der Waals surface area contributed by atoms with Gasteiger partial charge in [0.15, 0.2) is 11.2 Å². The van der Waals surface area contributed by atoms with Gasteiger partial charge in [-0.25, -0.2) is 0 Å². The Kier molecular flexibility index (Phi) is 7.63. The fourth-order valence-electron chi connectivity index (χ4n) is 6.30. The van der Waals surface area contributed by atoms with E-state index in [1.165, 1.54) is 14.2 Å². The Bertz CT molecular complexity index is 1350. The second-order valence-corrected chi connectivity index (χ2v) is 10.1. The number of nitrogens with two attached hydrogens (primary N) is 1. The first-order chi connectivity index (χ1) is 19.4. The van der Waals surface area contributed by atoms with Crippen molar-refractivity contribution in [3.63, 3.8) is 0 Å². The monoisotopic (exact) mass is 549 g/mol. The van der Waals surface area contributed by atoms with Crippen molar-refractivity contribution in [1.29, 1.82) is 0 Å². The summed E-state index contributed by atoms with van der Waals surface area (Å²) in [6, 6.07) is 19.6. The molecule has 2 aliphatic rings. The second-order valence-electron chi connectivity index (χ2n) is 10.1. The molecule has 40 heavy (non-hydrogen) atoms. The Morgan fingerprint density at radius 1 is 0.975 bits per heavy atom. The summed E-state index contributed by atoms with van der Waals surface area (Å²) in [5, 5.41) is 24.8. The number of ether oxygens (including phenoxy) is 5. The molecule has 1 saturated carbocycles. The maximum atomic E-state index is 13.3. The zero-order valence-corrected chi connectivity index (χ0v) is 22.8. The molecule has 0 amide bonds. The van der Waals surface area contributed by atoms with Gasteiger partial charge in [-0.2, -0.15) is 0 Å². The number of aliphatic hydroxyl groups is 2. The van der Waals surface area contributed by atoms with E-state index in [1.807, 2.05) is 30.3 Å². The third-order valence-corrected chi connectivity index (χ3v) is 8.06. The number of hydrogen-bond acceptors (Lipinski definition) is 9. The molecule has 1 aliphatic carbocycles. The smallest absolute Gasteiger partial charge is 0.312 e. The summed E-state index contributed by atoms with van der Waals surface area (Å²) in [4.78, 5) is 13.3. The van der Waals surface area contributed by atoms with E-state index < -0.39 is 35.1 Å². The Hall–Kier alpha value is -3.79. The molecule has 212 valence electrons. The van der Waals surface area contributed by atoms with Crippen LogP contribution in [0.25, 0.3) is 0 Å². The summed E-state index contributed by atoms with van der Waals surface area (Å²) in [6.07, 6.45) is -0.0241. The van der Waals surface area contributed by atoms with Crippen LogP contribution >= 0.6 is 0 Å². The van der Waals surface area contributed by atoms with Gasteiger partial charge in [0.25, 0.3) is 0 Å². The van der Waals surface area contributed by atoms with Gasteiger partial charge in [-0.15, -0.1) is 0 Å². The number of unbranched alkanes of at least 4 members (excludes halogenated alkanes) is 1. The summed E-state index contributed by atoms with van der Waals surface area (Å²) in [5.74, 6) is -1.04. The van der Waals surface area contributed by atoms with Crippen molar-refractivity contribution in [1.82, 2.24) is 0 Å². The van der Waals surface area contributed by atoms with Crippen LogP contribution < -0.4 is 24.7 Å². The molecule has 4 N–H and O–H groups in total. The molecular formula is C31H35NO8. The first-order valence-corrected chi connectivity index (χ1v) is 13.3. The van der Waals surface area contributed by atoms with E-state index in [0.29, 0.717) is 35.8 Å².